The Kier molecular flexibility index (Phi) is 5.61. The van der Waals surface area contributed by atoms with E-state index < -0.39 is 21.1 Å². The van der Waals surface area contributed by atoms with Crippen LogP contribution < -0.4 is 8.92 Å². The maximum atomic E-state index is 12.6. The van der Waals surface area contributed by atoms with E-state index in [0.29, 0.717) is 17.4 Å². The largest absolute Gasteiger partial charge is 0.483 e. The van der Waals surface area contributed by atoms with Crippen molar-refractivity contribution in [3.05, 3.63) is 57.6 Å². The molecule has 1 unspecified atom stereocenters. The Balaban J connectivity index is 2.39. The van der Waals surface area contributed by atoms with E-state index in [1.54, 1.807) is 19.9 Å². The van der Waals surface area contributed by atoms with E-state index in [0.717, 1.165) is 6.07 Å². The lowest BCUT2D eigenvalue weighted by molar-refractivity contribution is -0.385. The van der Waals surface area contributed by atoms with Gasteiger partial charge < -0.3 is 8.92 Å². The highest BCUT2D eigenvalue weighted by molar-refractivity contribution is 7.87. The number of carbonyl (C=O) groups excluding carboxylic acids is 1. The number of nitrogens with zero attached hydrogens (tertiary/aromatic N) is 1. The van der Waals surface area contributed by atoms with Gasteiger partial charge in [-0.05, 0) is 44.0 Å². The number of hydrogen-bond acceptors (Lipinski definition) is 7. The molecular formula is C17H17NO7S. The van der Waals surface area contributed by atoms with Crippen LogP contribution in [0.4, 0.5) is 5.69 Å². The summed E-state index contributed by atoms with van der Waals surface area (Å²) >= 11 is 0. The zero-order chi connectivity index (χ0) is 19.5. The van der Waals surface area contributed by atoms with Crippen LogP contribution in [0.2, 0.25) is 0 Å². The maximum absolute atomic E-state index is 12.6. The Bertz CT molecular complexity index is 954. The second-order valence-corrected chi connectivity index (χ2v) is 7.20. The SMILES string of the molecule is Cc1cc(OC(C)C=O)cc(OS(=O)(=O)c2cc([N+](=O)[O-])ccc2C)c1. The number of hydrogen-bond donors (Lipinski definition) is 0. The molecule has 0 aliphatic carbocycles. The van der Waals surface area contributed by atoms with Gasteiger partial charge in [-0.15, -0.1) is 0 Å². The molecule has 0 aliphatic rings. The second kappa shape index (κ2) is 7.52. The molecule has 0 aromatic heterocycles. The van der Waals surface area contributed by atoms with E-state index in [2.05, 4.69) is 0 Å². The molecule has 2 rings (SSSR count). The molecule has 9 heteroatoms. The van der Waals surface area contributed by atoms with Crippen molar-refractivity contribution in [3.63, 3.8) is 0 Å². The van der Waals surface area contributed by atoms with Crippen LogP contribution in [0.15, 0.2) is 41.3 Å². The van der Waals surface area contributed by atoms with Gasteiger partial charge in [0, 0.05) is 18.2 Å². The molecule has 1 atom stereocenters. The minimum absolute atomic E-state index is 0.0241. The number of aryl methyl sites for hydroxylation is 2. The number of aldehydes is 1. The van der Waals surface area contributed by atoms with Crippen molar-refractivity contribution in [1.29, 1.82) is 0 Å². The lowest BCUT2D eigenvalue weighted by Gasteiger charge is -2.13. The molecule has 0 fully saturated rings. The second-order valence-electron chi connectivity index (χ2n) is 5.69. The standard InChI is InChI=1S/C17H17NO7S/c1-11-6-15(24-13(3)10-19)9-16(7-11)25-26(22,23)17-8-14(18(20)21)5-4-12(17)2/h4-10,13H,1-3H3. The van der Waals surface area contributed by atoms with Crippen LogP contribution in [0.1, 0.15) is 18.1 Å². The fraction of sp³-hybridized carbons (Fsp3) is 0.235. The lowest BCUT2D eigenvalue weighted by atomic mass is 10.2. The van der Waals surface area contributed by atoms with Crippen molar-refractivity contribution >= 4 is 22.1 Å². The van der Waals surface area contributed by atoms with Crippen molar-refractivity contribution in [1.82, 2.24) is 0 Å². The van der Waals surface area contributed by atoms with Crippen LogP contribution in [0, 0.1) is 24.0 Å². The van der Waals surface area contributed by atoms with Crippen molar-refractivity contribution in [2.45, 2.75) is 31.8 Å². The van der Waals surface area contributed by atoms with Crippen molar-refractivity contribution in [2.24, 2.45) is 0 Å². The number of benzene rings is 2. The highest BCUT2D eigenvalue weighted by atomic mass is 32.2. The van der Waals surface area contributed by atoms with Gasteiger partial charge >= 0.3 is 10.1 Å². The van der Waals surface area contributed by atoms with Crippen LogP contribution in [0.5, 0.6) is 11.5 Å². The zero-order valence-electron chi connectivity index (χ0n) is 14.3. The average Bonchev–Trinajstić information content (AvgIpc) is 2.53. The van der Waals surface area contributed by atoms with Gasteiger partial charge in [-0.25, -0.2) is 0 Å². The molecule has 138 valence electrons. The number of nitro benzene ring substituents is 1. The molecule has 2 aromatic carbocycles. The molecule has 0 bridgehead atoms. The van der Waals surface area contributed by atoms with Gasteiger partial charge in [0.1, 0.15) is 16.4 Å². The molecular weight excluding hydrogens is 362 g/mol. The number of ether oxygens (including phenoxy) is 1. The highest BCUT2D eigenvalue weighted by Gasteiger charge is 2.23. The summed E-state index contributed by atoms with van der Waals surface area (Å²) in [4.78, 5) is 20.6. The third-order valence-electron chi connectivity index (χ3n) is 3.40. The molecule has 0 saturated carbocycles. The first kappa shape index (κ1) is 19.4. The molecule has 0 N–H and O–H groups in total. The van der Waals surface area contributed by atoms with E-state index in [4.69, 9.17) is 8.92 Å². The Morgan fingerprint density at radius 3 is 2.38 bits per heavy atom. The first-order chi connectivity index (χ1) is 12.1. The summed E-state index contributed by atoms with van der Waals surface area (Å²) in [5, 5.41) is 10.9. The Hall–Kier alpha value is -2.94. The molecule has 0 saturated heterocycles. The summed E-state index contributed by atoms with van der Waals surface area (Å²) in [6, 6.07) is 7.93. The first-order valence-corrected chi connectivity index (χ1v) is 8.96. The Morgan fingerprint density at radius 2 is 1.77 bits per heavy atom. The van der Waals surface area contributed by atoms with Crippen molar-refractivity contribution < 1.29 is 27.1 Å². The number of carbonyl (C=O) groups is 1. The summed E-state index contributed by atoms with van der Waals surface area (Å²) in [6.45, 7) is 4.76. The molecule has 26 heavy (non-hydrogen) atoms. The van der Waals surface area contributed by atoms with Crippen LogP contribution >= 0.6 is 0 Å². The monoisotopic (exact) mass is 379 g/mol. The summed E-state index contributed by atoms with van der Waals surface area (Å²) in [5.74, 6) is 0.245. The van der Waals surface area contributed by atoms with Crippen molar-refractivity contribution in [2.75, 3.05) is 0 Å². The molecule has 0 radical (unpaired) electrons. The van der Waals surface area contributed by atoms with Gasteiger partial charge in [-0.1, -0.05) is 6.07 Å². The van der Waals surface area contributed by atoms with Crippen LogP contribution in [0.25, 0.3) is 0 Å². The molecule has 0 heterocycles. The highest BCUT2D eigenvalue weighted by Crippen LogP contribution is 2.28. The Labute approximate surface area is 150 Å². The number of rotatable bonds is 7. The van der Waals surface area contributed by atoms with E-state index in [1.165, 1.54) is 31.2 Å². The predicted molar refractivity (Wildman–Crippen MR) is 93.0 cm³/mol. The lowest BCUT2D eigenvalue weighted by Crippen LogP contribution is -2.14. The fourth-order valence-corrected chi connectivity index (χ4v) is 3.38. The van der Waals surface area contributed by atoms with Crippen LogP contribution in [-0.2, 0) is 14.9 Å². The predicted octanol–water partition coefficient (Wildman–Crippen LogP) is 2.95. The molecule has 0 amide bonds. The normalized spacial score (nSPS) is 12.3. The van der Waals surface area contributed by atoms with Gasteiger partial charge in [0.25, 0.3) is 5.69 Å². The van der Waals surface area contributed by atoms with Gasteiger partial charge in [0.05, 0.1) is 4.92 Å². The number of nitro groups is 1. The third-order valence-corrected chi connectivity index (χ3v) is 4.79. The van der Waals surface area contributed by atoms with Gasteiger partial charge in [-0.3, -0.25) is 14.9 Å². The van der Waals surface area contributed by atoms with Gasteiger partial charge in [-0.2, -0.15) is 8.42 Å². The first-order valence-electron chi connectivity index (χ1n) is 7.55. The summed E-state index contributed by atoms with van der Waals surface area (Å²) in [6.07, 6.45) is -0.105. The van der Waals surface area contributed by atoms with E-state index in [-0.39, 0.29) is 22.1 Å². The number of non-ortho nitro benzene ring substituents is 1. The minimum Gasteiger partial charge on any atom is -0.483 e. The third kappa shape index (κ3) is 4.57. The maximum Gasteiger partial charge on any atom is 0.339 e. The smallest absolute Gasteiger partial charge is 0.339 e. The molecule has 8 nitrogen and oxygen atoms in total. The summed E-state index contributed by atoms with van der Waals surface area (Å²) in [5.41, 5.74) is 0.613. The quantitative estimate of drug-likeness (QED) is 0.314. The average molecular weight is 379 g/mol. The molecule has 2 aromatic rings. The van der Waals surface area contributed by atoms with Crippen LogP contribution in [-0.4, -0.2) is 25.7 Å². The van der Waals surface area contributed by atoms with E-state index in [1.807, 2.05) is 0 Å². The van der Waals surface area contributed by atoms with Gasteiger partial charge in [0.2, 0.25) is 0 Å². The topological polar surface area (TPSA) is 113 Å². The zero-order valence-corrected chi connectivity index (χ0v) is 15.1. The summed E-state index contributed by atoms with van der Waals surface area (Å²) < 4.78 is 35.6. The van der Waals surface area contributed by atoms with Crippen molar-refractivity contribution in [3.8, 4) is 11.5 Å². The van der Waals surface area contributed by atoms with Gasteiger partial charge in [0.15, 0.2) is 12.4 Å². The fourth-order valence-electron chi connectivity index (χ4n) is 2.22. The van der Waals surface area contributed by atoms with E-state index in [9.17, 15) is 23.3 Å². The molecule has 0 spiro atoms. The van der Waals surface area contributed by atoms with E-state index >= 15 is 0 Å². The molecule has 0 aliphatic heterocycles. The Morgan fingerprint density at radius 1 is 1.12 bits per heavy atom. The van der Waals surface area contributed by atoms with Crippen LogP contribution in [0.3, 0.4) is 0 Å². The summed E-state index contributed by atoms with van der Waals surface area (Å²) in [7, 11) is -4.30. The minimum atomic E-state index is -4.30.